The molecule has 0 N–H and O–H groups in total. The van der Waals surface area contributed by atoms with Gasteiger partial charge in [-0.15, -0.1) is 0 Å². The van der Waals surface area contributed by atoms with E-state index in [4.69, 9.17) is 0 Å². The van der Waals surface area contributed by atoms with Gasteiger partial charge in [0.25, 0.3) is 0 Å². The average molecular weight is 168 g/mol. The fourth-order valence-electron chi connectivity index (χ4n) is 2.34. The average Bonchev–Trinajstić information content (AvgIpc) is 2.56. The first-order chi connectivity index (χ1) is 6.45. The van der Waals surface area contributed by atoms with E-state index in [1.807, 2.05) is 0 Å². The largest absolute Gasteiger partial charge is 0.0836 e. The molecule has 64 valence electrons. The van der Waals surface area contributed by atoms with Crippen LogP contribution in [0.2, 0.25) is 0 Å². The van der Waals surface area contributed by atoms with E-state index >= 15 is 0 Å². The van der Waals surface area contributed by atoms with Crippen LogP contribution in [0, 0.1) is 0 Å². The predicted molar refractivity (Wildman–Crippen MR) is 55.4 cm³/mol. The van der Waals surface area contributed by atoms with Crippen LogP contribution in [-0.2, 0) is 6.42 Å². The van der Waals surface area contributed by atoms with Gasteiger partial charge < -0.3 is 0 Å². The molecule has 0 saturated heterocycles. The summed E-state index contributed by atoms with van der Waals surface area (Å²) < 4.78 is 0. The van der Waals surface area contributed by atoms with Crippen LogP contribution >= 0.6 is 0 Å². The standard InChI is InChI=1S/C13H12/c1-3-7-12-10(5-1)9-11-6-2-4-8-13(11)12/h1,3-5,7-8H,2,6,9H2. The van der Waals surface area contributed by atoms with Crippen molar-refractivity contribution in [3.05, 3.63) is 53.1 Å². The van der Waals surface area contributed by atoms with E-state index in [2.05, 4.69) is 36.4 Å². The summed E-state index contributed by atoms with van der Waals surface area (Å²) in [6.45, 7) is 0. The third-order valence-corrected chi connectivity index (χ3v) is 2.99. The van der Waals surface area contributed by atoms with Crippen LogP contribution in [0.25, 0.3) is 5.57 Å². The Kier molecular flexibility index (Phi) is 1.42. The monoisotopic (exact) mass is 168 g/mol. The third kappa shape index (κ3) is 0.983. The van der Waals surface area contributed by atoms with E-state index in [9.17, 15) is 0 Å². The molecule has 0 saturated carbocycles. The summed E-state index contributed by atoms with van der Waals surface area (Å²) in [5.74, 6) is 0. The van der Waals surface area contributed by atoms with Gasteiger partial charge in [0, 0.05) is 0 Å². The summed E-state index contributed by atoms with van der Waals surface area (Å²) in [4.78, 5) is 0. The Bertz CT molecular complexity index is 408. The van der Waals surface area contributed by atoms with Gasteiger partial charge in [-0.3, -0.25) is 0 Å². The summed E-state index contributed by atoms with van der Waals surface area (Å²) in [5, 5.41) is 0. The van der Waals surface area contributed by atoms with Gasteiger partial charge in [0.2, 0.25) is 0 Å². The minimum absolute atomic E-state index is 1.19. The summed E-state index contributed by atoms with van der Waals surface area (Å²) in [7, 11) is 0. The first-order valence-electron chi connectivity index (χ1n) is 4.92. The quantitative estimate of drug-likeness (QED) is 0.557. The maximum absolute atomic E-state index is 2.30. The Morgan fingerprint density at radius 3 is 3.00 bits per heavy atom. The molecule has 0 atom stereocenters. The highest BCUT2D eigenvalue weighted by atomic mass is 14.2. The Balaban J connectivity index is 2.18. The molecule has 0 heterocycles. The van der Waals surface area contributed by atoms with Crippen molar-refractivity contribution in [3.63, 3.8) is 0 Å². The van der Waals surface area contributed by atoms with E-state index in [1.165, 1.54) is 36.0 Å². The molecular weight excluding hydrogens is 156 g/mol. The van der Waals surface area contributed by atoms with Gasteiger partial charge in [0.15, 0.2) is 0 Å². The van der Waals surface area contributed by atoms with Crippen molar-refractivity contribution in [2.24, 2.45) is 0 Å². The Morgan fingerprint density at radius 1 is 1.08 bits per heavy atom. The van der Waals surface area contributed by atoms with Gasteiger partial charge in [-0.25, -0.2) is 0 Å². The lowest BCUT2D eigenvalue weighted by Gasteiger charge is -2.07. The highest BCUT2D eigenvalue weighted by Gasteiger charge is 2.19. The van der Waals surface area contributed by atoms with Gasteiger partial charge in [-0.05, 0) is 36.0 Å². The van der Waals surface area contributed by atoms with Gasteiger partial charge in [0.05, 0.1) is 0 Å². The number of benzene rings is 1. The number of hydrogen-bond acceptors (Lipinski definition) is 0. The molecule has 3 rings (SSSR count). The molecule has 13 heavy (non-hydrogen) atoms. The van der Waals surface area contributed by atoms with Gasteiger partial charge in [0.1, 0.15) is 0 Å². The molecule has 0 amide bonds. The van der Waals surface area contributed by atoms with Crippen molar-refractivity contribution in [3.8, 4) is 0 Å². The van der Waals surface area contributed by atoms with Crippen LogP contribution in [-0.4, -0.2) is 0 Å². The fourth-order valence-corrected chi connectivity index (χ4v) is 2.34. The number of rotatable bonds is 0. The van der Waals surface area contributed by atoms with Crippen LogP contribution in [0.3, 0.4) is 0 Å². The number of allylic oxidation sites excluding steroid dienone is 4. The van der Waals surface area contributed by atoms with Crippen LogP contribution in [0.15, 0.2) is 42.0 Å². The molecule has 0 unspecified atom stereocenters. The van der Waals surface area contributed by atoms with Crippen LogP contribution < -0.4 is 0 Å². The second kappa shape index (κ2) is 2.59. The maximum atomic E-state index is 2.30. The molecule has 1 aromatic rings. The minimum atomic E-state index is 1.19. The van der Waals surface area contributed by atoms with Gasteiger partial charge in [-0.1, -0.05) is 42.0 Å². The fraction of sp³-hybridized carbons (Fsp3) is 0.231. The van der Waals surface area contributed by atoms with E-state index in [-0.39, 0.29) is 0 Å². The predicted octanol–water partition coefficient (Wildman–Crippen LogP) is 3.35. The summed E-state index contributed by atoms with van der Waals surface area (Å²) in [6.07, 6.45) is 8.27. The molecule has 0 aliphatic heterocycles. The van der Waals surface area contributed by atoms with Gasteiger partial charge >= 0.3 is 0 Å². The number of fused-ring (bicyclic) bond motifs is 2. The molecule has 0 radical (unpaired) electrons. The van der Waals surface area contributed by atoms with Crippen LogP contribution in [0.5, 0.6) is 0 Å². The Morgan fingerprint density at radius 2 is 2.00 bits per heavy atom. The minimum Gasteiger partial charge on any atom is -0.0836 e. The molecule has 0 nitrogen and oxygen atoms in total. The molecular formula is C13H12. The summed E-state index contributed by atoms with van der Waals surface area (Å²) in [5.41, 5.74) is 6.12. The Hall–Kier alpha value is -1.30. The van der Waals surface area contributed by atoms with Crippen molar-refractivity contribution < 1.29 is 0 Å². The highest BCUT2D eigenvalue weighted by molar-refractivity contribution is 5.83. The molecule has 2 aliphatic carbocycles. The first-order valence-corrected chi connectivity index (χ1v) is 4.92. The van der Waals surface area contributed by atoms with Crippen molar-refractivity contribution >= 4 is 5.57 Å². The lowest BCUT2D eigenvalue weighted by Crippen LogP contribution is -1.87. The second-order valence-electron chi connectivity index (χ2n) is 3.79. The molecule has 0 bridgehead atoms. The van der Waals surface area contributed by atoms with E-state index in [0.717, 1.165) is 0 Å². The summed E-state index contributed by atoms with van der Waals surface area (Å²) >= 11 is 0. The van der Waals surface area contributed by atoms with E-state index < -0.39 is 0 Å². The lowest BCUT2D eigenvalue weighted by atomic mass is 9.98. The maximum Gasteiger partial charge on any atom is -0.00516 e. The van der Waals surface area contributed by atoms with E-state index in [1.54, 1.807) is 5.57 Å². The zero-order chi connectivity index (χ0) is 8.67. The zero-order valence-corrected chi connectivity index (χ0v) is 7.59. The molecule has 0 spiro atoms. The third-order valence-electron chi connectivity index (χ3n) is 2.99. The van der Waals surface area contributed by atoms with Crippen molar-refractivity contribution in [2.45, 2.75) is 19.3 Å². The zero-order valence-electron chi connectivity index (χ0n) is 7.59. The summed E-state index contributed by atoms with van der Waals surface area (Å²) in [6, 6.07) is 8.77. The smallest absolute Gasteiger partial charge is 0.00516 e. The normalized spacial score (nSPS) is 18.8. The number of hydrogen-bond donors (Lipinski definition) is 0. The first kappa shape index (κ1) is 7.14. The lowest BCUT2D eigenvalue weighted by molar-refractivity contribution is 0.935. The molecule has 1 aromatic carbocycles. The second-order valence-corrected chi connectivity index (χ2v) is 3.79. The van der Waals surface area contributed by atoms with Crippen molar-refractivity contribution in [1.82, 2.24) is 0 Å². The molecule has 0 aromatic heterocycles. The van der Waals surface area contributed by atoms with Crippen molar-refractivity contribution in [2.75, 3.05) is 0 Å². The topological polar surface area (TPSA) is 0 Å². The van der Waals surface area contributed by atoms with Gasteiger partial charge in [-0.2, -0.15) is 0 Å². The van der Waals surface area contributed by atoms with Crippen molar-refractivity contribution in [1.29, 1.82) is 0 Å². The molecule has 2 aliphatic rings. The molecule has 0 fully saturated rings. The van der Waals surface area contributed by atoms with Crippen LogP contribution in [0.4, 0.5) is 0 Å². The molecule has 0 heteroatoms. The SMILES string of the molecule is C1=CC2=C(CC1)Cc1ccccc12. The Labute approximate surface area is 78.6 Å². The van der Waals surface area contributed by atoms with E-state index in [0.29, 0.717) is 0 Å². The van der Waals surface area contributed by atoms with Crippen LogP contribution in [0.1, 0.15) is 24.0 Å². The highest BCUT2D eigenvalue weighted by Crippen LogP contribution is 2.37.